The van der Waals surface area contributed by atoms with E-state index in [0.717, 1.165) is 4.34 Å². The molecule has 18 heavy (non-hydrogen) atoms. The molecule has 0 spiro atoms. The highest BCUT2D eigenvalue weighted by atomic mass is 32.2. The van der Waals surface area contributed by atoms with Gasteiger partial charge in [0.05, 0.1) is 11.8 Å². The van der Waals surface area contributed by atoms with Crippen LogP contribution < -0.4 is 10.6 Å². The lowest BCUT2D eigenvalue weighted by Gasteiger charge is -2.07. The smallest absolute Gasteiger partial charge is 0.234 e. The summed E-state index contributed by atoms with van der Waals surface area (Å²) in [6, 6.07) is 0. The van der Waals surface area contributed by atoms with E-state index in [0.29, 0.717) is 11.7 Å². The number of aromatic nitrogens is 2. The van der Waals surface area contributed by atoms with Crippen LogP contribution in [0.3, 0.4) is 0 Å². The van der Waals surface area contributed by atoms with E-state index in [1.165, 1.54) is 23.1 Å². The molecular formula is C11H14N4OS2. The Labute approximate surface area is 114 Å². The van der Waals surface area contributed by atoms with Crippen molar-refractivity contribution >= 4 is 34.1 Å². The molecule has 1 atom stereocenters. The van der Waals surface area contributed by atoms with E-state index in [1.807, 2.05) is 0 Å². The summed E-state index contributed by atoms with van der Waals surface area (Å²) in [7, 11) is 0. The average Bonchev–Trinajstić information content (AvgIpc) is 2.80. The molecule has 1 aromatic heterocycles. The molecule has 7 heteroatoms. The standard InChI is InChI=1S/C11H14N4OS2/c1-4-6-12-9(16)8(3)17-11-15-14-10(18-11)13-7-5-2/h1,5,8H,2,6-7H2,3H3,(H,12,16)(H,13,14). The van der Waals surface area contributed by atoms with Gasteiger partial charge in [-0.3, -0.25) is 4.79 Å². The second-order valence-corrected chi connectivity index (χ2v) is 5.79. The molecule has 0 aliphatic rings. The second kappa shape index (κ2) is 7.74. The van der Waals surface area contributed by atoms with Crippen molar-refractivity contribution in [1.82, 2.24) is 15.5 Å². The van der Waals surface area contributed by atoms with Crippen LogP contribution in [0, 0.1) is 12.3 Å². The highest BCUT2D eigenvalue weighted by molar-refractivity contribution is 8.02. The van der Waals surface area contributed by atoms with Crippen molar-refractivity contribution < 1.29 is 4.79 Å². The molecular weight excluding hydrogens is 268 g/mol. The Bertz CT molecular complexity index is 452. The summed E-state index contributed by atoms with van der Waals surface area (Å²) in [6.45, 7) is 6.28. The van der Waals surface area contributed by atoms with Gasteiger partial charge in [0.25, 0.3) is 0 Å². The lowest BCUT2D eigenvalue weighted by molar-refractivity contribution is -0.120. The Morgan fingerprint density at radius 2 is 2.50 bits per heavy atom. The first-order chi connectivity index (χ1) is 8.67. The van der Waals surface area contributed by atoms with Gasteiger partial charge in [0.2, 0.25) is 11.0 Å². The van der Waals surface area contributed by atoms with Gasteiger partial charge >= 0.3 is 0 Å². The molecule has 1 rings (SSSR count). The molecule has 1 amide bonds. The van der Waals surface area contributed by atoms with Crippen LogP contribution >= 0.6 is 23.1 Å². The molecule has 5 nitrogen and oxygen atoms in total. The lowest BCUT2D eigenvalue weighted by Crippen LogP contribution is -2.30. The first-order valence-electron chi connectivity index (χ1n) is 5.23. The van der Waals surface area contributed by atoms with Crippen molar-refractivity contribution in [3.8, 4) is 12.3 Å². The van der Waals surface area contributed by atoms with E-state index in [4.69, 9.17) is 6.42 Å². The van der Waals surface area contributed by atoms with Crippen molar-refractivity contribution in [1.29, 1.82) is 0 Å². The van der Waals surface area contributed by atoms with E-state index in [-0.39, 0.29) is 17.7 Å². The van der Waals surface area contributed by atoms with Crippen molar-refractivity contribution in [3.05, 3.63) is 12.7 Å². The zero-order chi connectivity index (χ0) is 13.4. The van der Waals surface area contributed by atoms with Crippen LogP contribution in [0.4, 0.5) is 5.13 Å². The van der Waals surface area contributed by atoms with E-state index < -0.39 is 0 Å². The number of terminal acetylenes is 1. The minimum absolute atomic E-state index is 0.103. The first kappa shape index (κ1) is 14.5. The maximum atomic E-state index is 11.6. The predicted molar refractivity (Wildman–Crippen MR) is 75.8 cm³/mol. The maximum Gasteiger partial charge on any atom is 0.234 e. The Kier molecular flexibility index (Phi) is 6.25. The third-order valence-electron chi connectivity index (χ3n) is 1.82. The number of hydrogen-bond acceptors (Lipinski definition) is 6. The third-order valence-corrected chi connectivity index (χ3v) is 3.88. The topological polar surface area (TPSA) is 66.9 Å². The van der Waals surface area contributed by atoms with Crippen molar-refractivity contribution in [2.24, 2.45) is 0 Å². The molecule has 1 heterocycles. The fraction of sp³-hybridized carbons (Fsp3) is 0.364. The molecule has 1 aromatic rings. The molecule has 0 aromatic carbocycles. The van der Waals surface area contributed by atoms with Gasteiger partial charge in [-0.2, -0.15) is 0 Å². The summed E-state index contributed by atoms with van der Waals surface area (Å²) < 4.78 is 0.741. The quantitative estimate of drug-likeness (QED) is 0.449. The van der Waals surface area contributed by atoms with Gasteiger partial charge in [0, 0.05) is 6.54 Å². The highest BCUT2D eigenvalue weighted by Crippen LogP contribution is 2.28. The first-order valence-corrected chi connectivity index (χ1v) is 6.93. The summed E-state index contributed by atoms with van der Waals surface area (Å²) in [5, 5.41) is 14.1. The summed E-state index contributed by atoms with van der Waals surface area (Å²) in [5.74, 6) is 2.26. The van der Waals surface area contributed by atoms with Gasteiger partial charge in [-0.25, -0.2) is 0 Å². The average molecular weight is 282 g/mol. The molecule has 0 aliphatic carbocycles. The van der Waals surface area contributed by atoms with Crippen LogP contribution in [0.1, 0.15) is 6.92 Å². The fourth-order valence-electron chi connectivity index (χ4n) is 0.975. The number of rotatable bonds is 7. The normalized spacial score (nSPS) is 11.3. The van der Waals surface area contributed by atoms with Gasteiger partial charge < -0.3 is 10.6 Å². The van der Waals surface area contributed by atoms with Crippen LogP contribution in [0.15, 0.2) is 17.0 Å². The second-order valence-electron chi connectivity index (χ2n) is 3.22. The Morgan fingerprint density at radius 1 is 1.72 bits per heavy atom. The largest absolute Gasteiger partial charge is 0.357 e. The minimum atomic E-state index is -0.251. The van der Waals surface area contributed by atoms with Crippen LogP contribution in [0.2, 0.25) is 0 Å². The molecule has 1 unspecified atom stereocenters. The summed E-state index contributed by atoms with van der Waals surface area (Å²) in [4.78, 5) is 11.6. The van der Waals surface area contributed by atoms with E-state index in [2.05, 4.69) is 33.3 Å². The molecule has 0 bridgehead atoms. The van der Waals surface area contributed by atoms with Crippen molar-refractivity contribution in [2.75, 3.05) is 18.4 Å². The Hall–Kier alpha value is -1.52. The molecule has 2 N–H and O–H groups in total. The fourth-order valence-corrected chi connectivity index (χ4v) is 2.90. The van der Waals surface area contributed by atoms with Crippen LogP contribution in [-0.4, -0.2) is 34.4 Å². The number of thioether (sulfide) groups is 1. The molecule has 0 saturated heterocycles. The van der Waals surface area contributed by atoms with E-state index in [1.54, 1.807) is 13.0 Å². The number of nitrogens with one attached hydrogen (secondary N) is 2. The number of carbonyl (C=O) groups is 1. The monoisotopic (exact) mass is 282 g/mol. The number of hydrogen-bond donors (Lipinski definition) is 2. The third kappa shape index (κ3) is 4.77. The van der Waals surface area contributed by atoms with Gasteiger partial charge in [-0.15, -0.1) is 23.2 Å². The molecule has 0 fully saturated rings. The minimum Gasteiger partial charge on any atom is -0.357 e. The number of carbonyl (C=O) groups excluding carboxylic acids is 1. The van der Waals surface area contributed by atoms with E-state index in [9.17, 15) is 4.79 Å². The molecule has 0 radical (unpaired) electrons. The lowest BCUT2D eigenvalue weighted by atomic mass is 10.4. The maximum absolute atomic E-state index is 11.6. The van der Waals surface area contributed by atoms with Crippen LogP contribution in [-0.2, 0) is 4.79 Å². The van der Waals surface area contributed by atoms with Crippen molar-refractivity contribution in [3.63, 3.8) is 0 Å². The molecule has 0 aliphatic heterocycles. The molecule has 96 valence electrons. The van der Waals surface area contributed by atoms with Gasteiger partial charge in [0.15, 0.2) is 4.34 Å². The summed E-state index contributed by atoms with van der Waals surface area (Å²) >= 11 is 2.76. The summed E-state index contributed by atoms with van der Waals surface area (Å²) in [5.41, 5.74) is 0. The zero-order valence-corrected chi connectivity index (χ0v) is 11.6. The summed E-state index contributed by atoms with van der Waals surface area (Å²) in [6.07, 6.45) is 6.81. The van der Waals surface area contributed by atoms with Crippen molar-refractivity contribution in [2.45, 2.75) is 16.5 Å². The van der Waals surface area contributed by atoms with Gasteiger partial charge in [-0.1, -0.05) is 35.1 Å². The number of anilines is 1. The van der Waals surface area contributed by atoms with E-state index >= 15 is 0 Å². The SMILES string of the molecule is C#CCNC(=O)C(C)Sc1nnc(NCC=C)s1. The number of amides is 1. The Balaban J connectivity index is 2.46. The predicted octanol–water partition coefficient (Wildman–Crippen LogP) is 1.37. The molecule has 0 saturated carbocycles. The van der Waals surface area contributed by atoms with Crippen LogP contribution in [0.25, 0.3) is 0 Å². The number of nitrogens with zero attached hydrogens (tertiary/aromatic N) is 2. The zero-order valence-electron chi connectivity index (χ0n) is 9.97. The Morgan fingerprint density at radius 3 is 3.17 bits per heavy atom. The van der Waals surface area contributed by atoms with Gasteiger partial charge in [-0.05, 0) is 6.92 Å². The van der Waals surface area contributed by atoms with Gasteiger partial charge in [0.1, 0.15) is 0 Å². The van der Waals surface area contributed by atoms with Crippen LogP contribution in [0.5, 0.6) is 0 Å². The highest BCUT2D eigenvalue weighted by Gasteiger charge is 2.16.